The third-order valence-electron chi connectivity index (χ3n) is 5.77. The average molecular weight is 555 g/mol. The molecule has 0 saturated carbocycles. The van der Waals surface area contributed by atoms with E-state index in [0.29, 0.717) is 17.1 Å². The zero-order valence-corrected chi connectivity index (χ0v) is 22.2. The lowest BCUT2D eigenvalue weighted by Crippen LogP contribution is -2.30. The number of carbonyl (C=O) groups is 1. The van der Waals surface area contributed by atoms with Gasteiger partial charge < -0.3 is 30.6 Å². The predicted molar refractivity (Wildman–Crippen MR) is 143 cm³/mol. The highest BCUT2D eigenvalue weighted by atomic mass is 32.2. The highest BCUT2D eigenvalue weighted by molar-refractivity contribution is 7.89. The van der Waals surface area contributed by atoms with E-state index in [1.165, 1.54) is 35.6 Å². The van der Waals surface area contributed by atoms with Crippen LogP contribution in [0.25, 0.3) is 11.1 Å². The number of benzene rings is 2. The third kappa shape index (κ3) is 5.62. The topological polar surface area (TPSA) is 175 Å². The predicted octanol–water partition coefficient (Wildman–Crippen LogP) is 2.56. The van der Waals surface area contributed by atoms with Crippen LogP contribution in [-0.4, -0.2) is 61.3 Å². The van der Waals surface area contributed by atoms with E-state index in [4.69, 9.17) is 19.9 Å². The number of sulfonamides is 1. The van der Waals surface area contributed by atoms with Gasteiger partial charge in [-0.25, -0.2) is 13.2 Å². The van der Waals surface area contributed by atoms with Crippen LogP contribution in [0.4, 0.5) is 23.1 Å². The van der Waals surface area contributed by atoms with Gasteiger partial charge in [0.15, 0.2) is 18.8 Å². The second kappa shape index (κ2) is 11.4. The summed E-state index contributed by atoms with van der Waals surface area (Å²) < 4.78 is 44.3. The largest absolute Gasteiger partial charge is 0.496 e. The number of nitrogens with one attached hydrogen (secondary N) is 2. The fourth-order valence-corrected chi connectivity index (χ4v) is 5.49. The first kappa shape index (κ1) is 27.4. The third-order valence-corrected chi connectivity index (χ3v) is 7.82. The Morgan fingerprint density at radius 3 is 2.67 bits per heavy atom. The van der Waals surface area contributed by atoms with Gasteiger partial charge in [-0.15, -0.1) is 0 Å². The van der Waals surface area contributed by atoms with Gasteiger partial charge in [0, 0.05) is 24.3 Å². The molecule has 39 heavy (non-hydrogen) atoms. The van der Waals surface area contributed by atoms with E-state index in [-0.39, 0.29) is 65.0 Å². The molecule has 0 atom stereocenters. The first-order valence-corrected chi connectivity index (χ1v) is 13.2. The molecule has 1 aliphatic rings. The Morgan fingerprint density at radius 2 is 1.97 bits per heavy atom. The van der Waals surface area contributed by atoms with Crippen molar-refractivity contribution >= 4 is 45.0 Å². The molecule has 0 aliphatic carbocycles. The van der Waals surface area contributed by atoms with Gasteiger partial charge in [0.25, 0.3) is 5.91 Å². The summed E-state index contributed by atoms with van der Waals surface area (Å²) >= 11 is 0. The fourth-order valence-electron chi connectivity index (χ4n) is 4.01. The van der Waals surface area contributed by atoms with Gasteiger partial charge in [-0.3, -0.25) is 4.79 Å². The highest BCUT2D eigenvalue weighted by Crippen LogP contribution is 2.43. The monoisotopic (exact) mass is 554 g/mol. The number of nitrogens with two attached hydrogens (primary N) is 1. The molecule has 1 aromatic heterocycles. The molecule has 3 aromatic rings. The van der Waals surface area contributed by atoms with Crippen LogP contribution in [-0.2, 0) is 19.6 Å². The summed E-state index contributed by atoms with van der Waals surface area (Å²) in [5.41, 5.74) is 7.25. The fraction of sp³-hybridized carbons (Fsp3) is 0.240. The summed E-state index contributed by atoms with van der Waals surface area (Å²) in [6.07, 6.45) is 0.740. The van der Waals surface area contributed by atoms with Gasteiger partial charge in [-0.1, -0.05) is 13.8 Å². The van der Waals surface area contributed by atoms with Crippen molar-refractivity contribution in [3.05, 3.63) is 42.7 Å². The van der Waals surface area contributed by atoms with E-state index < -0.39 is 10.0 Å². The lowest BCUT2D eigenvalue weighted by atomic mass is 10.1. The molecule has 0 radical (unpaired) electrons. The molecule has 204 valence electrons. The molecule has 14 heteroatoms. The molecule has 4 N–H and O–H groups in total. The Bertz CT molecular complexity index is 1570. The van der Waals surface area contributed by atoms with Crippen molar-refractivity contribution in [2.24, 2.45) is 0 Å². The Hall–Kier alpha value is -4.65. The number of nitrogens with zero attached hydrogens (tertiary/aromatic N) is 3. The van der Waals surface area contributed by atoms with Crippen LogP contribution in [0.1, 0.15) is 13.8 Å². The zero-order chi connectivity index (χ0) is 28.2. The maximum Gasteiger partial charge on any atom is 0.262 e. The number of carbonyl (C=O) groups excluding carboxylic acids is 2. The number of methoxy groups -OCH3 is 1. The first-order valence-electron chi connectivity index (χ1n) is 11.8. The molecule has 0 saturated heterocycles. The molecule has 0 unspecified atom stereocenters. The van der Waals surface area contributed by atoms with Crippen LogP contribution in [0.15, 0.2) is 47.6 Å². The van der Waals surface area contributed by atoms with Crippen molar-refractivity contribution in [1.82, 2.24) is 14.3 Å². The second-order valence-corrected chi connectivity index (χ2v) is 10.0. The summed E-state index contributed by atoms with van der Waals surface area (Å²) in [4.78, 5) is 31.1. The molecule has 1 amide bonds. The zero-order valence-electron chi connectivity index (χ0n) is 21.3. The molecule has 4 rings (SSSR count). The number of anilines is 4. The highest BCUT2D eigenvalue weighted by Gasteiger charge is 2.27. The maximum absolute atomic E-state index is 13.3. The van der Waals surface area contributed by atoms with Crippen LogP contribution in [0, 0.1) is 0 Å². The molecule has 13 nitrogen and oxygen atoms in total. The average Bonchev–Trinajstić information content (AvgIpc) is 2.91. The standard InChI is InChI=1S/C25H26N6O7S/c1-4-31(5-2)39(34,35)16-7-9-19(36-3)17(13-16)22-23(29-25(26)30-24(22)37-11-10-32)27-15-6-8-20-18(12-15)28-21(33)14-38-20/h6-9,11-13H,4-5,14H2,1-3H3,(H,28,33)(H3,26,27,29,30). The Labute approximate surface area is 224 Å². The van der Waals surface area contributed by atoms with Crippen molar-refractivity contribution < 1.29 is 32.2 Å². The SMILES string of the molecule is CCN(CC)S(=O)(=O)c1ccc(OC)c(-c2c(Nc3ccc4c(c3)NC(=O)CO4)nc(N)nc2OC=C=O)c1. The van der Waals surface area contributed by atoms with Gasteiger partial charge in [0.05, 0.1) is 23.3 Å². The number of amides is 1. The smallest absolute Gasteiger partial charge is 0.262 e. The Balaban J connectivity index is 1.92. The van der Waals surface area contributed by atoms with Crippen LogP contribution in [0.2, 0.25) is 0 Å². The molecule has 2 aromatic carbocycles. The number of rotatable bonds is 10. The molecule has 0 fully saturated rings. The second-order valence-electron chi connectivity index (χ2n) is 8.09. The van der Waals surface area contributed by atoms with Crippen LogP contribution >= 0.6 is 0 Å². The van der Waals surface area contributed by atoms with E-state index in [1.807, 2.05) is 0 Å². The van der Waals surface area contributed by atoms with E-state index in [1.54, 1.807) is 32.0 Å². The lowest BCUT2D eigenvalue weighted by Gasteiger charge is -2.21. The summed E-state index contributed by atoms with van der Waals surface area (Å²) in [6, 6.07) is 9.30. The van der Waals surface area contributed by atoms with Crippen LogP contribution < -0.4 is 30.6 Å². The normalized spacial score (nSPS) is 12.6. The summed E-state index contributed by atoms with van der Waals surface area (Å²) in [5.74, 6) is 1.72. The minimum absolute atomic E-state index is 0.00436. The van der Waals surface area contributed by atoms with Crippen molar-refractivity contribution in [2.45, 2.75) is 18.7 Å². The maximum atomic E-state index is 13.3. The van der Waals surface area contributed by atoms with E-state index in [0.717, 1.165) is 6.26 Å². The van der Waals surface area contributed by atoms with E-state index in [2.05, 4.69) is 20.6 Å². The first-order chi connectivity index (χ1) is 18.7. The van der Waals surface area contributed by atoms with Gasteiger partial charge in [0.2, 0.25) is 21.9 Å². The lowest BCUT2D eigenvalue weighted by molar-refractivity contribution is -0.118. The Kier molecular flexibility index (Phi) is 8.00. The molecule has 0 spiro atoms. The van der Waals surface area contributed by atoms with Gasteiger partial charge in [-0.05, 0) is 36.4 Å². The number of aromatic nitrogens is 2. The van der Waals surface area contributed by atoms with E-state index >= 15 is 0 Å². The molecule has 2 heterocycles. The summed E-state index contributed by atoms with van der Waals surface area (Å²) in [7, 11) is -2.44. The molecular weight excluding hydrogens is 528 g/mol. The Morgan fingerprint density at radius 1 is 1.21 bits per heavy atom. The number of hydrogen-bond acceptors (Lipinski definition) is 11. The van der Waals surface area contributed by atoms with Crippen LogP contribution in [0.3, 0.4) is 0 Å². The quantitative estimate of drug-likeness (QED) is 0.248. The van der Waals surface area contributed by atoms with Crippen molar-refractivity contribution in [1.29, 1.82) is 0 Å². The molecular formula is C25H26N6O7S. The number of hydrogen-bond donors (Lipinski definition) is 3. The van der Waals surface area contributed by atoms with Gasteiger partial charge in [0.1, 0.15) is 17.3 Å². The minimum Gasteiger partial charge on any atom is -0.496 e. The minimum atomic E-state index is -3.86. The van der Waals surface area contributed by atoms with Crippen molar-refractivity contribution in [3.8, 4) is 28.5 Å². The summed E-state index contributed by atoms with van der Waals surface area (Å²) in [5, 5.41) is 5.82. The van der Waals surface area contributed by atoms with Crippen molar-refractivity contribution in [3.63, 3.8) is 0 Å². The van der Waals surface area contributed by atoms with E-state index in [9.17, 15) is 18.0 Å². The van der Waals surface area contributed by atoms with Gasteiger partial charge >= 0.3 is 0 Å². The number of ether oxygens (including phenoxy) is 3. The van der Waals surface area contributed by atoms with Crippen LogP contribution in [0.5, 0.6) is 17.4 Å². The molecule has 0 bridgehead atoms. The number of nitrogen functional groups attached to an aromatic ring is 1. The number of fused-ring (bicyclic) bond motifs is 1. The van der Waals surface area contributed by atoms with Crippen molar-refractivity contribution in [2.75, 3.05) is 43.2 Å². The molecule has 1 aliphatic heterocycles. The summed E-state index contributed by atoms with van der Waals surface area (Å²) in [6.45, 7) is 3.93. The van der Waals surface area contributed by atoms with Gasteiger partial charge in [-0.2, -0.15) is 14.3 Å².